The fourth-order valence-electron chi connectivity index (χ4n) is 5.05. The standard InChI is InChI=1S/C24H24N4O2S2/c29-20(28-13-5-8-16(28)23-25-15-7-2-4-10-18(15)32-23)12-11-19-26-22(30)21-14-6-1-3-9-17(14)31-24(21)27-19/h2,4,7,10,16H,1,3,5-6,8-9,11-13H2,(H,26,27,30). The third kappa shape index (κ3) is 3.46. The highest BCUT2D eigenvalue weighted by Crippen LogP contribution is 2.37. The molecule has 8 heteroatoms. The number of aromatic nitrogens is 3. The smallest absolute Gasteiger partial charge is 0.259 e. The van der Waals surface area contributed by atoms with Crippen molar-refractivity contribution in [1.29, 1.82) is 0 Å². The fraction of sp³-hybridized carbons (Fsp3) is 0.417. The second kappa shape index (κ2) is 8.08. The van der Waals surface area contributed by atoms with Crippen LogP contribution in [0.4, 0.5) is 0 Å². The van der Waals surface area contributed by atoms with Gasteiger partial charge in [0, 0.05) is 24.3 Å². The summed E-state index contributed by atoms with van der Waals surface area (Å²) in [6.45, 7) is 0.764. The van der Waals surface area contributed by atoms with Crippen molar-refractivity contribution in [2.45, 2.75) is 57.4 Å². The minimum Gasteiger partial charge on any atom is -0.333 e. The first-order chi connectivity index (χ1) is 15.7. The van der Waals surface area contributed by atoms with E-state index in [1.807, 2.05) is 23.1 Å². The summed E-state index contributed by atoms with van der Waals surface area (Å²) in [5.41, 5.74) is 2.15. The van der Waals surface area contributed by atoms with Crippen LogP contribution in [0.25, 0.3) is 20.4 Å². The number of hydrogen-bond acceptors (Lipinski definition) is 6. The van der Waals surface area contributed by atoms with E-state index in [0.29, 0.717) is 18.7 Å². The maximum absolute atomic E-state index is 13.1. The third-order valence-corrected chi connectivity index (χ3v) is 8.94. The Labute approximate surface area is 193 Å². The zero-order chi connectivity index (χ0) is 21.7. The molecule has 1 aliphatic heterocycles. The number of thiophene rings is 1. The molecule has 1 unspecified atom stereocenters. The van der Waals surface area contributed by atoms with E-state index in [4.69, 9.17) is 9.97 Å². The van der Waals surface area contributed by atoms with Gasteiger partial charge in [0.15, 0.2) is 0 Å². The first-order valence-electron chi connectivity index (χ1n) is 11.4. The van der Waals surface area contributed by atoms with Gasteiger partial charge in [0.1, 0.15) is 15.7 Å². The molecule has 1 amide bonds. The molecule has 1 N–H and O–H groups in total. The Hall–Kier alpha value is -2.58. The molecule has 2 aliphatic rings. The Morgan fingerprint density at radius 1 is 1.12 bits per heavy atom. The molecular weight excluding hydrogens is 440 g/mol. The number of nitrogens with one attached hydrogen (secondary N) is 1. The highest BCUT2D eigenvalue weighted by Gasteiger charge is 2.32. The average Bonchev–Trinajstić information content (AvgIpc) is 3.53. The summed E-state index contributed by atoms with van der Waals surface area (Å²) < 4.78 is 1.16. The van der Waals surface area contributed by atoms with Gasteiger partial charge in [-0.1, -0.05) is 12.1 Å². The number of carbonyl (C=O) groups is 1. The first kappa shape index (κ1) is 20.1. The summed E-state index contributed by atoms with van der Waals surface area (Å²) in [4.78, 5) is 42.5. The molecule has 0 bridgehead atoms. The van der Waals surface area contributed by atoms with E-state index >= 15 is 0 Å². The summed E-state index contributed by atoms with van der Waals surface area (Å²) in [7, 11) is 0. The molecular formula is C24H24N4O2S2. The van der Waals surface area contributed by atoms with E-state index in [-0.39, 0.29) is 17.5 Å². The molecule has 6 rings (SSSR count). The van der Waals surface area contributed by atoms with Gasteiger partial charge in [-0.2, -0.15) is 0 Å². The van der Waals surface area contributed by atoms with Crippen molar-refractivity contribution in [3.8, 4) is 0 Å². The van der Waals surface area contributed by atoms with E-state index in [1.165, 1.54) is 16.9 Å². The van der Waals surface area contributed by atoms with Crippen LogP contribution in [0.1, 0.15) is 59.4 Å². The quantitative estimate of drug-likeness (QED) is 0.472. The zero-order valence-corrected chi connectivity index (χ0v) is 19.4. The summed E-state index contributed by atoms with van der Waals surface area (Å²) in [5.74, 6) is 0.727. The number of nitrogens with zero attached hydrogens (tertiary/aromatic N) is 3. The van der Waals surface area contributed by atoms with Gasteiger partial charge in [-0.15, -0.1) is 22.7 Å². The lowest BCUT2D eigenvalue weighted by atomic mass is 9.97. The Morgan fingerprint density at radius 3 is 2.91 bits per heavy atom. The van der Waals surface area contributed by atoms with Crippen molar-refractivity contribution in [3.63, 3.8) is 0 Å². The second-order valence-corrected chi connectivity index (χ2v) is 10.8. The molecule has 3 aromatic heterocycles. The molecule has 1 saturated heterocycles. The Morgan fingerprint density at radius 2 is 2.00 bits per heavy atom. The van der Waals surface area contributed by atoms with E-state index in [0.717, 1.165) is 64.1 Å². The number of carbonyl (C=O) groups excluding carboxylic acids is 1. The number of para-hydroxylation sites is 1. The van der Waals surface area contributed by atoms with E-state index < -0.39 is 0 Å². The number of likely N-dealkylation sites (tertiary alicyclic amines) is 1. The number of rotatable bonds is 4. The Bertz CT molecular complexity index is 1350. The van der Waals surface area contributed by atoms with Gasteiger partial charge in [0.2, 0.25) is 5.91 Å². The topological polar surface area (TPSA) is 79.0 Å². The van der Waals surface area contributed by atoms with Gasteiger partial charge in [0.05, 0.1) is 21.6 Å². The summed E-state index contributed by atoms with van der Waals surface area (Å²) in [6, 6.07) is 8.18. The van der Waals surface area contributed by atoms with Crippen molar-refractivity contribution in [3.05, 3.63) is 55.9 Å². The van der Waals surface area contributed by atoms with Crippen molar-refractivity contribution in [2.24, 2.45) is 0 Å². The van der Waals surface area contributed by atoms with Crippen LogP contribution in [0.3, 0.4) is 0 Å². The summed E-state index contributed by atoms with van der Waals surface area (Å²) in [6.07, 6.45) is 7.09. The number of aryl methyl sites for hydroxylation is 3. The molecule has 164 valence electrons. The van der Waals surface area contributed by atoms with Crippen LogP contribution in [0.15, 0.2) is 29.1 Å². The molecule has 4 aromatic rings. The highest BCUT2D eigenvalue weighted by atomic mass is 32.1. The number of amides is 1. The van der Waals surface area contributed by atoms with E-state index in [2.05, 4.69) is 11.1 Å². The van der Waals surface area contributed by atoms with Crippen LogP contribution >= 0.6 is 22.7 Å². The normalized spacial score (nSPS) is 18.5. The van der Waals surface area contributed by atoms with Crippen LogP contribution in [-0.4, -0.2) is 32.3 Å². The number of benzene rings is 1. The van der Waals surface area contributed by atoms with Gasteiger partial charge in [-0.05, 0) is 56.2 Å². The predicted octanol–water partition coefficient (Wildman–Crippen LogP) is 4.77. The van der Waals surface area contributed by atoms with Crippen molar-refractivity contribution in [2.75, 3.05) is 6.54 Å². The maximum atomic E-state index is 13.1. The third-order valence-electron chi connectivity index (χ3n) is 6.62. The molecule has 4 heterocycles. The van der Waals surface area contributed by atoms with Gasteiger partial charge in [-0.25, -0.2) is 9.97 Å². The van der Waals surface area contributed by atoms with Gasteiger partial charge in [-0.3, -0.25) is 9.59 Å². The highest BCUT2D eigenvalue weighted by molar-refractivity contribution is 7.19. The lowest BCUT2D eigenvalue weighted by Crippen LogP contribution is -2.31. The van der Waals surface area contributed by atoms with Crippen LogP contribution in [0.2, 0.25) is 0 Å². The monoisotopic (exact) mass is 464 g/mol. The average molecular weight is 465 g/mol. The fourth-order valence-corrected chi connectivity index (χ4v) is 7.45. The minimum absolute atomic E-state index is 0.0506. The maximum Gasteiger partial charge on any atom is 0.259 e. The lowest BCUT2D eigenvalue weighted by Gasteiger charge is -2.23. The van der Waals surface area contributed by atoms with E-state index in [1.54, 1.807) is 22.7 Å². The summed E-state index contributed by atoms with van der Waals surface area (Å²) >= 11 is 3.34. The zero-order valence-electron chi connectivity index (χ0n) is 17.7. The van der Waals surface area contributed by atoms with Crippen molar-refractivity contribution in [1.82, 2.24) is 19.9 Å². The first-order valence-corrected chi connectivity index (χ1v) is 13.0. The number of hydrogen-bond donors (Lipinski definition) is 1. The number of thiazole rings is 1. The van der Waals surface area contributed by atoms with Gasteiger partial charge < -0.3 is 9.88 Å². The number of fused-ring (bicyclic) bond motifs is 4. The van der Waals surface area contributed by atoms with Gasteiger partial charge >= 0.3 is 0 Å². The molecule has 1 atom stereocenters. The van der Waals surface area contributed by atoms with Gasteiger partial charge in [0.25, 0.3) is 5.56 Å². The van der Waals surface area contributed by atoms with Crippen LogP contribution in [0, 0.1) is 0 Å². The Kier molecular flexibility index (Phi) is 5.07. The molecule has 0 saturated carbocycles. The number of aromatic amines is 1. The lowest BCUT2D eigenvalue weighted by molar-refractivity contribution is -0.132. The predicted molar refractivity (Wildman–Crippen MR) is 129 cm³/mol. The molecule has 1 aromatic carbocycles. The van der Waals surface area contributed by atoms with Crippen molar-refractivity contribution >= 4 is 49.0 Å². The Balaban J connectivity index is 1.20. The minimum atomic E-state index is -0.0506. The molecule has 32 heavy (non-hydrogen) atoms. The molecule has 0 spiro atoms. The van der Waals surface area contributed by atoms with E-state index in [9.17, 15) is 9.59 Å². The van der Waals surface area contributed by atoms with Crippen LogP contribution in [0.5, 0.6) is 0 Å². The van der Waals surface area contributed by atoms with Crippen LogP contribution < -0.4 is 5.56 Å². The number of H-pyrrole nitrogens is 1. The summed E-state index contributed by atoms with van der Waals surface area (Å²) in [5, 5.41) is 1.80. The molecule has 1 aliphatic carbocycles. The molecule has 6 nitrogen and oxygen atoms in total. The molecule has 0 radical (unpaired) electrons. The SMILES string of the molecule is O=C(CCc1nc2sc3c(c2c(=O)[nH]1)CCCC3)N1CCCC1c1nc2ccccc2s1. The van der Waals surface area contributed by atoms with Crippen LogP contribution in [-0.2, 0) is 24.1 Å². The second-order valence-electron chi connectivity index (χ2n) is 8.67. The van der Waals surface area contributed by atoms with Crippen molar-refractivity contribution < 1.29 is 4.79 Å². The largest absolute Gasteiger partial charge is 0.333 e. The molecule has 1 fully saturated rings.